The van der Waals surface area contributed by atoms with E-state index in [2.05, 4.69) is 15.0 Å². The maximum atomic E-state index is 12.1. The van der Waals surface area contributed by atoms with Crippen LogP contribution in [-0.2, 0) is 14.8 Å². The van der Waals surface area contributed by atoms with E-state index in [1.165, 1.54) is 11.3 Å². The van der Waals surface area contributed by atoms with Crippen molar-refractivity contribution in [3.05, 3.63) is 54.1 Å². The molecule has 3 rings (SSSR count). The Morgan fingerprint density at radius 3 is 2.56 bits per heavy atom. The molecule has 1 heterocycles. The number of thiazole rings is 1. The van der Waals surface area contributed by atoms with Gasteiger partial charge in [-0.05, 0) is 31.2 Å². The van der Waals surface area contributed by atoms with Gasteiger partial charge in [0.05, 0.1) is 15.1 Å². The summed E-state index contributed by atoms with van der Waals surface area (Å²) in [5.74, 6) is -0.286. The van der Waals surface area contributed by atoms with E-state index in [1.54, 1.807) is 24.3 Å². The van der Waals surface area contributed by atoms with Gasteiger partial charge in [-0.2, -0.15) is 0 Å². The van der Waals surface area contributed by atoms with Gasteiger partial charge in [-0.1, -0.05) is 41.2 Å². The lowest BCUT2D eigenvalue weighted by Crippen LogP contribution is -2.27. The summed E-state index contributed by atoms with van der Waals surface area (Å²) in [4.78, 5) is 16.5. The smallest absolute Gasteiger partial charge is 0.240 e. The molecule has 8 heteroatoms. The Bertz CT molecular complexity index is 962. The lowest BCUT2D eigenvalue weighted by atomic mass is 10.2. The number of para-hydroxylation sites is 1. The van der Waals surface area contributed by atoms with Crippen LogP contribution in [0.4, 0.5) is 5.13 Å². The van der Waals surface area contributed by atoms with Crippen molar-refractivity contribution in [1.82, 2.24) is 9.71 Å². The average Bonchev–Trinajstić information content (AvgIpc) is 2.97. The van der Waals surface area contributed by atoms with Crippen LogP contribution < -0.4 is 10.0 Å². The molecular formula is C17H17N3O3S2. The molecular weight excluding hydrogens is 358 g/mol. The van der Waals surface area contributed by atoms with Crippen LogP contribution in [-0.4, -0.2) is 25.9 Å². The monoisotopic (exact) mass is 375 g/mol. The molecule has 6 nitrogen and oxygen atoms in total. The number of aryl methyl sites for hydroxylation is 1. The number of rotatable bonds is 6. The van der Waals surface area contributed by atoms with Crippen LogP contribution in [0.1, 0.15) is 12.0 Å². The molecule has 0 bridgehead atoms. The van der Waals surface area contributed by atoms with Gasteiger partial charge in [0.25, 0.3) is 0 Å². The molecule has 25 heavy (non-hydrogen) atoms. The van der Waals surface area contributed by atoms with Crippen molar-refractivity contribution in [2.45, 2.75) is 18.2 Å². The molecule has 1 aromatic heterocycles. The van der Waals surface area contributed by atoms with Crippen LogP contribution >= 0.6 is 11.3 Å². The molecule has 3 aromatic rings. The Kier molecular flexibility index (Phi) is 5.12. The van der Waals surface area contributed by atoms with Gasteiger partial charge in [0, 0.05) is 13.0 Å². The first-order chi connectivity index (χ1) is 11.9. The summed E-state index contributed by atoms with van der Waals surface area (Å²) < 4.78 is 27.7. The van der Waals surface area contributed by atoms with E-state index in [4.69, 9.17) is 0 Å². The van der Waals surface area contributed by atoms with Gasteiger partial charge >= 0.3 is 0 Å². The van der Waals surface area contributed by atoms with Gasteiger partial charge in [-0.15, -0.1) is 0 Å². The maximum absolute atomic E-state index is 12.1. The number of aromatic nitrogens is 1. The molecule has 1 amide bonds. The molecule has 0 saturated heterocycles. The molecule has 0 spiro atoms. The first-order valence-corrected chi connectivity index (χ1v) is 9.96. The largest absolute Gasteiger partial charge is 0.302 e. The van der Waals surface area contributed by atoms with Crippen LogP contribution in [0.15, 0.2) is 53.4 Å². The number of sulfonamides is 1. The molecule has 0 fully saturated rings. The minimum Gasteiger partial charge on any atom is -0.302 e. The molecule has 130 valence electrons. The third-order valence-corrected chi connectivity index (χ3v) is 5.94. The first kappa shape index (κ1) is 17.5. The van der Waals surface area contributed by atoms with Crippen molar-refractivity contribution in [1.29, 1.82) is 0 Å². The Balaban J connectivity index is 1.54. The lowest BCUT2D eigenvalue weighted by Gasteiger charge is -2.07. The highest BCUT2D eigenvalue weighted by molar-refractivity contribution is 7.89. The number of nitrogens with zero attached hydrogens (tertiary/aromatic N) is 1. The van der Waals surface area contributed by atoms with Crippen molar-refractivity contribution in [3.63, 3.8) is 0 Å². The second-order valence-electron chi connectivity index (χ2n) is 5.50. The third-order valence-electron chi connectivity index (χ3n) is 3.52. The molecule has 0 radical (unpaired) electrons. The van der Waals surface area contributed by atoms with E-state index >= 15 is 0 Å². The topological polar surface area (TPSA) is 88.2 Å². The third kappa shape index (κ3) is 4.41. The molecule has 0 atom stereocenters. The lowest BCUT2D eigenvalue weighted by molar-refractivity contribution is -0.116. The first-order valence-electron chi connectivity index (χ1n) is 7.66. The van der Waals surface area contributed by atoms with Crippen LogP contribution in [0.2, 0.25) is 0 Å². The Hall–Kier alpha value is -2.29. The highest BCUT2D eigenvalue weighted by atomic mass is 32.2. The van der Waals surface area contributed by atoms with Crippen molar-refractivity contribution >= 4 is 42.6 Å². The van der Waals surface area contributed by atoms with Gasteiger partial charge in [-0.3, -0.25) is 4.79 Å². The number of hydrogen-bond donors (Lipinski definition) is 2. The van der Waals surface area contributed by atoms with E-state index in [1.807, 2.05) is 31.2 Å². The predicted octanol–water partition coefficient (Wildman–Crippen LogP) is 2.91. The summed E-state index contributed by atoms with van der Waals surface area (Å²) in [7, 11) is -3.61. The molecule has 0 saturated carbocycles. The zero-order valence-electron chi connectivity index (χ0n) is 13.5. The van der Waals surface area contributed by atoms with Crippen LogP contribution in [0.3, 0.4) is 0 Å². The number of amides is 1. The number of anilines is 1. The molecule has 0 unspecified atom stereocenters. The highest BCUT2D eigenvalue weighted by Gasteiger charge is 2.14. The van der Waals surface area contributed by atoms with E-state index in [0.29, 0.717) is 5.13 Å². The minimum atomic E-state index is -3.61. The fourth-order valence-corrected chi connectivity index (χ4v) is 4.12. The predicted molar refractivity (Wildman–Crippen MR) is 99.2 cm³/mol. The van der Waals surface area contributed by atoms with Gasteiger partial charge in [0.2, 0.25) is 15.9 Å². The molecule has 0 aliphatic rings. The van der Waals surface area contributed by atoms with Gasteiger partial charge in [0.1, 0.15) is 0 Å². The molecule has 2 N–H and O–H groups in total. The van der Waals surface area contributed by atoms with Crippen LogP contribution in [0, 0.1) is 6.92 Å². The zero-order valence-corrected chi connectivity index (χ0v) is 15.2. The maximum Gasteiger partial charge on any atom is 0.240 e. The van der Waals surface area contributed by atoms with Crippen molar-refractivity contribution < 1.29 is 13.2 Å². The summed E-state index contributed by atoms with van der Waals surface area (Å²) in [6, 6.07) is 14.1. The summed E-state index contributed by atoms with van der Waals surface area (Å²) in [5.41, 5.74) is 1.80. The normalized spacial score (nSPS) is 11.6. The number of benzene rings is 2. The van der Waals surface area contributed by atoms with Crippen molar-refractivity contribution in [2.75, 3.05) is 11.9 Å². The fourth-order valence-electron chi connectivity index (χ4n) is 2.21. The second-order valence-corrected chi connectivity index (χ2v) is 8.29. The number of fused-ring (bicyclic) bond motifs is 1. The Labute approximate surface area is 150 Å². The molecule has 0 aliphatic carbocycles. The van der Waals surface area contributed by atoms with Crippen LogP contribution in [0.25, 0.3) is 10.2 Å². The summed E-state index contributed by atoms with van der Waals surface area (Å²) >= 11 is 1.38. The number of nitrogens with one attached hydrogen (secondary N) is 2. The summed E-state index contributed by atoms with van der Waals surface area (Å²) in [6.07, 6.45) is 0.0288. The summed E-state index contributed by atoms with van der Waals surface area (Å²) in [6.45, 7) is 1.91. The average molecular weight is 375 g/mol. The van der Waals surface area contributed by atoms with Gasteiger partial charge in [0.15, 0.2) is 5.13 Å². The summed E-state index contributed by atoms with van der Waals surface area (Å²) in [5, 5.41) is 3.21. The number of carbonyl (C=O) groups excluding carboxylic acids is 1. The minimum absolute atomic E-state index is 0.0208. The van der Waals surface area contributed by atoms with E-state index in [9.17, 15) is 13.2 Å². The zero-order chi connectivity index (χ0) is 17.9. The molecule has 2 aromatic carbocycles. The van der Waals surface area contributed by atoms with E-state index in [-0.39, 0.29) is 23.8 Å². The van der Waals surface area contributed by atoms with Gasteiger partial charge < -0.3 is 5.32 Å². The van der Waals surface area contributed by atoms with Gasteiger partial charge in [-0.25, -0.2) is 18.1 Å². The highest BCUT2D eigenvalue weighted by Crippen LogP contribution is 2.25. The molecule has 0 aliphatic heterocycles. The number of carbonyl (C=O) groups is 1. The quantitative estimate of drug-likeness (QED) is 0.693. The van der Waals surface area contributed by atoms with Crippen molar-refractivity contribution in [2.24, 2.45) is 0 Å². The Morgan fingerprint density at radius 2 is 1.84 bits per heavy atom. The van der Waals surface area contributed by atoms with E-state index in [0.717, 1.165) is 15.8 Å². The Morgan fingerprint density at radius 1 is 1.12 bits per heavy atom. The SMILES string of the molecule is Cc1ccc(S(=O)(=O)NCCC(=O)Nc2nc3ccccc3s2)cc1. The van der Waals surface area contributed by atoms with Crippen LogP contribution in [0.5, 0.6) is 0 Å². The van der Waals surface area contributed by atoms with E-state index < -0.39 is 10.0 Å². The fraction of sp³-hybridized carbons (Fsp3) is 0.176. The number of hydrogen-bond acceptors (Lipinski definition) is 5. The van der Waals surface area contributed by atoms with Crippen molar-refractivity contribution in [3.8, 4) is 0 Å². The standard InChI is InChI=1S/C17H17N3O3S2/c1-12-6-8-13(9-7-12)25(22,23)18-11-10-16(21)20-17-19-14-4-2-3-5-15(14)24-17/h2-9,18H,10-11H2,1H3,(H,19,20,21). The second kappa shape index (κ2) is 7.30.